The molecule has 10 rings (SSSR count). The van der Waals surface area contributed by atoms with Gasteiger partial charge in [-0.05, 0) is 106 Å². The molecule has 2 aliphatic heterocycles. The lowest BCUT2D eigenvalue weighted by Crippen LogP contribution is -2.28. The van der Waals surface area contributed by atoms with E-state index < -0.39 is 5.41 Å². The van der Waals surface area contributed by atoms with E-state index in [9.17, 15) is 0 Å². The van der Waals surface area contributed by atoms with E-state index in [1.807, 2.05) is 23.5 Å². The van der Waals surface area contributed by atoms with Gasteiger partial charge in [0.05, 0.1) is 26.6 Å². The van der Waals surface area contributed by atoms with Gasteiger partial charge in [0, 0.05) is 22.6 Å². The van der Waals surface area contributed by atoms with E-state index in [4.69, 9.17) is 9.98 Å². The van der Waals surface area contributed by atoms with Gasteiger partial charge in [0.2, 0.25) is 0 Å². The summed E-state index contributed by atoms with van der Waals surface area (Å²) in [6.45, 7) is 8.84. The van der Waals surface area contributed by atoms with Gasteiger partial charge in [0.25, 0.3) is 0 Å². The van der Waals surface area contributed by atoms with E-state index in [2.05, 4.69) is 185 Å². The first-order valence-electron chi connectivity index (χ1n) is 19.2. The minimum Gasteiger partial charge on any atom is -0.271 e. The number of benzene rings is 7. The third-order valence-corrected chi connectivity index (χ3v) is 14.3. The Morgan fingerprint density at radius 3 is 1.40 bits per heavy atom. The van der Waals surface area contributed by atoms with Crippen molar-refractivity contribution in [3.05, 3.63) is 191 Å². The first-order valence-corrected chi connectivity index (χ1v) is 21.2. The summed E-state index contributed by atoms with van der Waals surface area (Å²) in [6.07, 6.45) is 0. The average Bonchev–Trinajstić information content (AvgIpc) is 3.88. The smallest absolute Gasteiger partial charge is 0.0984 e. The van der Waals surface area contributed by atoms with Crippen LogP contribution in [0.2, 0.25) is 0 Å². The minimum absolute atomic E-state index is 0.000692. The molecule has 268 valence electrons. The molecular weight excluding hydrogens is 705 g/mol. The fraction of sp³-hybridized carbons (Fsp3) is 0.176. The average molecular weight is 747 g/mol. The van der Waals surface area contributed by atoms with E-state index in [0.717, 1.165) is 21.6 Å². The largest absolute Gasteiger partial charge is 0.271 e. The van der Waals surface area contributed by atoms with Crippen LogP contribution in [0.5, 0.6) is 0 Å². The molecule has 0 aromatic heterocycles. The highest BCUT2D eigenvalue weighted by molar-refractivity contribution is 8.15. The fourth-order valence-electron chi connectivity index (χ4n) is 8.76. The summed E-state index contributed by atoms with van der Waals surface area (Å²) < 4.78 is 0. The van der Waals surface area contributed by atoms with Crippen LogP contribution in [0.15, 0.2) is 168 Å². The molecule has 0 bridgehead atoms. The molecule has 2 nitrogen and oxygen atoms in total. The highest BCUT2D eigenvalue weighted by atomic mass is 32.2. The van der Waals surface area contributed by atoms with Gasteiger partial charge in [-0.2, -0.15) is 0 Å². The Morgan fingerprint density at radius 2 is 0.891 bits per heavy atom. The van der Waals surface area contributed by atoms with Gasteiger partial charge in [0.15, 0.2) is 0 Å². The predicted octanol–water partition coefficient (Wildman–Crippen LogP) is 13.1. The van der Waals surface area contributed by atoms with Gasteiger partial charge in [0.1, 0.15) is 0 Å². The van der Waals surface area contributed by atoms with E-state index >= 15 is 0 Å². The van der Waals surface area contributed by atoms with Crippen molar-refractivity contribution in [2.45, 2.75) is 44.2 Å². The van der Waals surface area contributed by atoms with Gasteiger partial charge in [-0.15, -0.1) is 23.5 Å². The molecular formula is C51H42N2S2. The van der Waals surface area contributed by atoms with Crippen molar-refractivity contribution >= 4 is 44.4 Å². The number of nitrogens with zero attached hydrogens (tertiary/aromatic N) is 2. The second-order valence-electron chi connectivity index (χ2n) is 16.4. The van der Waals surface area contributed by atoms with Crippen molar-refractivity contribution < 1.29 is 0 Å². The third-order valence-electron chi connectivity index (χ3n) is 11.4. The fourth-order valence-corrected chi connectivity index (χ4v) is 11.1. The van der Waals surface area contributed by atoms with Crippen molar-refractivity contribution in [1.29, 1.82) is 0 Å². The topological polar surface area (TPSA) is 24.7 Å². The Labute approximate surface area is 332 Å². The van der Waals surface area contributed by atoms with Crippen LogP contribution in [0.25, 0.3) is 44.2 Å². The van der Waals surface area contributed by atoms with Gasteiger partial charge in [-0.3, -0.25) is 9.98 Å². The van der Waals surface area contributed by atoms with Crippen LogP contribution in [0.1, 0.15) is 61.1 Å². The molecule has 0 atom stereocenters. The van der Waals surface area contributed by atoms with Crippen molar-refractivity contribution in [1.82, 2.24) is 0 Å². The van der Waals surface area contributed by atoms with Crippen LogP contribution >= 0.6 is 23.5 Å². The third kappa shape index (κ3) is 5.81. The number of hydrogen-bond donors (Lipinski definition) is 0. The summed E-state index contributed by atoms with van der Waals surface area (Å²) in [5, 5.41) is 4.81. The molecule has 3 aliphatic rings. The molecule has 0 saturated carbocycles. The van der Waals surface area contributed by atoms with Crippen LogP contribution in [0.3, 0.4) is 0 Å². The summed E-state index contributed by atoms with van der Waals surface area (Å²) in [4.78, 5) is 9.96. The first kappa shape index (κ1) is 34.3. The minimum atomic E-state index is -0.514. The Hall–Kier alpha value is -5.16. The zero-order valence-corrected chi connectivity index (χ0v) is 33.3. The molecule has 55 heavy (non-hydrogen) atoms. The molecule has 0 radical (unpaired) electrons. The molecule has 7 aromatic carbocycles. The van der Waals surface area contributed by atoms with E-state index in [0.29, 0.717) is 0 Å². The number of aliphatic imine (C=N–C) groups is 2. The summed E-state index contributed by atoms with van der Waals surface area (Å²) in [5.74, 6) is 2.05. The molecule has 0 amide bonds. The molecule has 0 fully saturated rings. The molecule has 4 heteroatoms. The number of fused-ring (bicyclic) bond motifs is 5. The van der Waals surface area contributed by atoms with E-state index in [-0.39, 0.29) is 11.1 Å². The van der Waals surface area contributed by atoms with Crippen molar-refractivity contribution in [3.63, 3.8) is 0 Å². The second-order valence-corrected chi connectivity index (χ2v) is 18.3. The van der Waals surface area contributed by atoms with Crippen LogP contribution in [-0.4, -0.2) is 32.7 Å². The summed E-state index contributed by atoms with van der Waals surface area (Å²) in [6, 6.07) is 59.2. The monoisotopic (exact) mass is 746 g/mol. The zero-order valence-electron chi connectivity index (χ0n) is 31.6. The zero-order chi connectivity index (χ0) is 37.4. The lowest BCUT2D eigenvalue weighted by molar-refractivity contribution is 0.605. The van der Waals surface area contributed by atoms with Gasteiger partial charge >= 0.3 is 0 Å². The highest BCUT2D eigenvalue weighted by Crippen LogP contribution is 2.58. The molecule has 0 unspecified atom stereocenters. The highest BCUT2D eigenvalue weighted by Gasteiger charge is 2.47. The Bertz CT molecular complexity index is 2630. The Balaban J connectivity index is 1.13. The summed E-state index contributed by atoms with van der Waals surface area (Å²) in [7, 11) is 0. The van der Waals surface area contributed by atoms with Gasteiger partial charge < -0.3 is 0 Å². The van der Waals surface area contributed by atoms with Gasteiger partial charge in [-0.25, -0.2) is 0 Å². The van der Waals surface area contributed by atoms with Gasteiger partial charge in [-0.1, -0.05) is 146 Å². The maximum Gasteiger partial charge on any atom is 0.0984 e. The van der Waals surface area contributed by atoms with Crippen LogP contribution in [0, 0.1) is 0 Å². The maximum atomic E-state index is 4.99. The molecule has 0 spiro atoms. The van der Waals surface area contributed by atoms with Crippen LogP contribution < -0.4 is 0 Å². The normalized spacial score (nSPS) is 17.5. The molecule has 7 aromatic rings. The lowest BCUT2D eigenvalue weighted by atomic mass is 9.66. The quantitative estimate of drug-likeness (QED) is 0.169. The number of rotatable bonds is 6. The van der Waals surface area contributed by atoms with E-state index in [1.165, 1.54) is 77.5 Å². The second kappa shape index (κ2) is 13.0. The summed E-state index contributed by atoms with van der Waals surface area (Å²) >= 11 is 3.72. The lowest BCUT2D eigenvalue weighted by Gasteiger charge is -2.35. The standard InChI is InChI=1S/C51H42N2S2/c1-49(2)31-54-47(52-49)35-19-15-33(16-20-35)37-23-26-42-39(29-37)25-28-44-43-27-24-38(34-17-21-36(22-18-34)48-53-50(3,4)32-55-48)30-45(43)51(46(42)44,40-11-7-5-8-12-40)41-13-9-6-10-14-41/h5-30H,31-32H2,1-4H3. The summed E-state index contributed by atoms with van der Waals surface area (Å²) in [5.41, 5.74) is 14.6. The predicted molar refractivity (Wildman–Crippen MR) is 238 cm³/mol. The molecule has 2 heterocycles. The van der Waals surface area contributed by atoms with Crippen molar-refractivity contribution in [2.75, 3.05) is 11.5 Å². The van der Waals surface area contributed by atoms with E-state index in [1.54, 1.807) is 0 Å². The van der Waals surface area contributed by atoms with Crippen LogP contribution in [0.4, 0.5) is 0 Å². The maximum absolute atomic E-state index is 4.99. The molecule has 1 aliphatic carbocycles. The molecule has 0 saturated heterocycles. The Morgan fingerprint density at radius 1 is 0.436 bits per heavy atom. The van der Waals surface area contributed by atoms with Crippen molar-refractivity contribution in [2.24, 2.45) is 9.98 Å². The Kier molecular flexibility index (Phi) is 8.10. The number of thioether (sulfide) groups is 2. The van der Waals surface area contributed by atoms with Crippen molar-refractivity contribution in [3.8, 4) is 33.4 Å². The number of hydrogen-bond acceptors (Lipinski definition) is 4. The SMILES string of the molecule is CC1(C)CSC(c2ccc(-c3ccc4c(c3)C(c3ccccc3)(c3ccccc3)c3c-4ccc4cc(-c5ccc(C6=NC(C)(C)CS6)cc5)ccc34)cc2)=N1. The first-order chi connectivity index (χ1) is 26.7. The molecule has 0 N–H and O–H groups in total. The van der Waals surface area contributed by atoms with Crippen LogP contribution in [-0.2, 0) is 5.41 Å².